The minimum Gasteiger partial charge on any atom is -0.465 e. The monoisotopic (exact) mass is 358 g/mol. The van der Waals surface area contributed by atoms with Gasteiger partial charge < -0.3 is 9.47 Å². The van der Waals surface area contributed by atoms with Crippen LogP contribution in [0.5, 0.6) is 5.75 Å². The van der Waals surface area contributed by atoms with E-state index in [1.54, 1.807) is 0 Å². The van der Waals surface area contributed by atoms with Crippen LogP contribution in [0.3, 0.4) is 0 Å². The summed E-state index contributed by atoms with van der Waals surface area (Å²) in [4.78, 5) is 0. The van der Waals surface area contributed by atoms with Gasteiger partial charge in [0, 0.05) is 12.3 Å². The lowest BCUT2D eigenvalue weighted by Crippen LogP contribution is -2.33. The van der Waals surface area contributed by atoms with Crippen LogP contribution in [0.15, 0.2) is 66.7 Å². The zero-order valence-electron chi connectivity index (χ0n) is 15.6. The molecule has 0 saturated heterocycles. The highest BCUT2D eigenvalue weighted by Gasteiger charge is 2.32. The lowest BCUT2D eigenvalue weighted by molar-refractivity contribution is -0.155. The van der Waals surface area contributed by atoms with E-state index in [1.807, 2.05) is 30.3 Å². The van der Waals surface area contributed by atoms with Crippen molar-refractivity contribution in [1.82, 2.24) is 0 Å². The molecule has 0 radical (unpaired) electrons. The molecule has 27 heavy (non-hydrogen) atoms. The molecule has 1 saturated carbocycles. The van der Waals surface area contributed by atoms with Crippen LogP contribution < -0.4 is 4.74 Å². The lowest BCUT2D eigenvalue weighted by Gasteiger charge is -2.32. The fourth-order valence-corrected chi connectivity index (χ4v) is 4.76. The maximum atomic E-state index is 6.71. The first-order valence-corrected chi connectivity index (χ1v) is 10.3. The zero-order chi connectivity index (χ0) is 18.1. The Hall–Kier alpha value is -2.32. The summed E-state index contributed by atoms with van der Waals surface area (Å²) < 4.78 is 13.1. The third-order valence-electron chi connectivity index (χ3n) is 6.10. The fourth-order valence-electron chi connectivity index (χ4n) is 4.76. The van der Waals surface area contributed by atoms with Crippen molar-refractivity contribution in [3.05, 3.63) is 77.9 Å². The zero-order valence-corrected chi connectivity index (χ0v) is 15.6. The molecule has 0 spiro atoms. The molecule has 0 N–H and O–H groups in total. The molecular formula is C25H26O2. The average Bonchev–Trinajstić information content (AvgIpc) is 3.09. The second-order valence-electron chi connectivity index (χ2n) is 7.89. The summed E-state index contributed by atoms with van der Waals surface area (Å²) in [5, 5.41) is 2.70. The van der Waals surface area contributed by atoms with Crippen molar-refractivity contribution in [2.45, 2.75) is 50.9 Å². The van der Waals surface area contributed by atoms with Crippen molar-refractivity contribution >= 4 is 10.8 Å². The Morgan fingerprint density at radius 1 is 0.778 bits per heavy atom. The topological polar surface area (TPSA) is 18.5 Å². The van der Waals surface area contributed by atoms with Gasteiger partial charge in [0.15, 0.2) is 0 Å². The van der Waals surface area contributed by atoms with Gasteiger partial charge in [-0.2, -0.15) is 0 Å². The second kappa shape index (κ2) is 7.36. The Bertz CT molecular complexity index is 907. The van der Waals surface area contributed by atoms with Gasteiger partial charge in [0.2, 0.25) is 6.29 Å². The molecule has 0 aromatic heterocycles. The normalized spacial score (nSPS) is 20.7. The fraction of sp³-hybridized carbons (Fsp3) is 0.360. The molecule has 1 fully saturated rings. The molecule has 5 rings (SSSR count). The molecule has 138 valence electrons. The van der Waals surface area contributed by atoms with Gasteiger partial charge in [-0.3, -0.25) is 0 Å². The average molecular weight is 358 g/mol. The smallest absolute Gasteiger partial charge is 0.203 e. The minimum absolute atomic E-state index is 0.0849. The maximum Gasteiger partial charge on any atom is 0.203 e. The summed E-state index contributed by atoms with van der Waals surface area (Å²) >= 11 is 0. The Labute approximate surface area is 161 Å². The molecule has 0 amide bonds. The van der Waals surface area contributed by atoms with E-state index in [-0.39, 0.29) is 12.4 Å². The summed E-state index contributed by atoms with van der Waals surface area (Å²) in [6.45, 7) is 0. The van der Waals surface area contributed by atoms with E-state index in [0.717, 1.165) is 12.2 Å². The molecule has 0 aliphatic heterocycles. The summed E-state index contributed by atoms with van der Waals surface area (Å²) in [6, 6.07) is 23.3. The SMILES string of the molecule is c1ccc(OC(OC2Cc3cccc4cccc2c34)C2CCCCC2)cc1. The van der Waals surface area contributed by atoms with Gasteiger partial charge in [-0.1, -0.05) is 73.9 Å². The highest BCUT2D eigenvalue weighted by atomic mass is 16.7. The Morgan fingerprint density at radius 2 is 1.56 bits per heavy atom. The van der Waals surface area contributed by atoms with Crippen LogP contribution >= 0.6 is 0 Å². The van der Waals surface area contributed by atoms with Gasteiger partial charge in [0.1, 0.15) is 5.75 Å². The number of rotatable bonds is 5. The molecule has 2 atom stereocenters. The molecule has 3 aromatic carbocycles. The quantitative estimate of drug-likeness (QED) is 0.489. The Kier molecular flexibility index (Phi) is 4.59. The summed E-state index contributed by atoms with van der Waals surface area (Å²) in [6.07, 6.45) is 7.14. The molecule has 3 aromatic rings. The van der Waals surface area contributed by atoms with Crippen LogP contribution in [0.4, 0.5) is 0 Å². The van der Waals surface area contributed by atoms with Gasteiger partial charge in [-0.15, -0.1) is 0 Å². The first-order chi connectivity index (χ1) is 13.4. The lowest BCUT2D eigenvalue weighted by atomic mass is 9.88. The number of hydrogen-bond donors (Lipinski definition) is 0. The van der Waals surface area contributed by atoms with Gasteiger partial charge in [-0.25, -0.2) is 0 Å². The molecule has 2 unspecified atom stereocenters. The summed E-state index contributed by atoms with van der Waals surface area (Å²) in [7, 11) is 0. The van der Waals surface area contributed by atoms with E-state index in [9.17, 15) is 0 Å². The molecule has 2 heteroatoms. The van der Waals surface area contributed by atoms with E-state index >= 15 is 0 Å². The highest BCUT2D eigenvalue weighted by Crippen LogP contribution is 2.41. The highest BCUT2D eigenvalue weighted by molar-refractivity contribution is 5.91. The van der Waals surface area contributed by atoms with Gasteiger partial charge in [-0.05, 0) is 46.9 Å². The van der Waals surface area contributed by atoms with Crippen molar-refractivity contribution < 1.29 is 9.47 Å². The second-order valence-corrected chi connectivity index (χ2v) is 7.89. The number of benzene rings is 3. The third-order valence-corrected chi connectivity index (χ3v) is 6.10. The molecular weight excluding hydrogens is 332 g/mol. The van der Waals surface area contributed by atoms with Gasteiger partial charge in [0.05, 0.1) is 6.10 Å². The molecule has 2 nitrogen and oxygen atoms in total. The van der Waals surface area contributed by atoms with Crippen LogP contribution in [-0.2, 0) is 11.2 Å². The number of hydrogen-bond acceptors (Lipinski definition) is 2. The van der Waals surface area contributed by atoms with E-state index in [2.05, 4.69) is 36.4 Å². The van der Waals surface area contributed by atoms with Crippen molar-refractivity contribution in [2.24, 2.45) is 5.92 Å². The van der Waals surface area contributed by atoms with Crippen molar-refractivity contribution in [1.29, 1.82) is 0 Å². The maximum absolute atomic E-state index is 6.71. The Balaban J connectivity index is 1.42. The predicted molar refractivity (Wildman–Crippen MR) is 109 cm³/mol. The third kappa shape index (κ3) is 3.35. The van der Waals surface area contributed by atoms with Crippen LogP contribution in [-0.4, -0.2) is 6.29 Å². The largest absolute Gasteiger partial charge is 0.465 e. The summed E-state index contributed by atoms with van der Waals surface area (Å²) in [5.41, 5.74) is 2.72. The van der Waals surface area contributed by atoms with E-state index in [4.69, 9.17) is 9.47 Å². The van der Waals surface area contributed by atoms with E-state index < -0.39 is 0 Å². The van der Waals surface area contributed by atoms with Gasteiger partial charge >= 0.3 is 0 Å². The summed E-state index contributed by atoms with van der Waals surface area (Å²) in [5.74, 6) is 1.38. The van der Waals surface area contributed by atoms with Gasteiger partial charge in [0.25, 0.3) is 0 Å². The van der Waals surface area contributed by atoms with E-state index in [0.29, 0.717) is 5.92 Å². The van der Waals surface area contributed by atoms with Crippen LogP contribution in [0.25, 0.3) is 10.8 Å². The number of ether oxygens (including phenoxy) is 2. The van der Waals surface area contributed by atoms with Crippen molar-refractivity contribution in [3.8, 4) is 5.75 Å². The predicted octanol–water partition coefficient (Wildman–Crippen LogP) is 6.44. The molecule has 0 bridgehead atoms. The number of para-hydroxylation sites is 1. The standard InChI is InChI=1S/C25H26O2/c1-3-9-19(10-4-1)25(26-21-14-5-2-6-15-21)27-23-17-20-13-7-11-18-12-8-16-22(23)24(18)20/h2,5-8,11-16,19,23,25H,1,3-4,9-10,17H2. The molecule has 2 aliphatic rings. The Morgan fingerprint density at radius 3 is 2.37 bits per heavy atom. The molecule has 0 heterocycles. The first-order valence-electron chi connectivity index (χ1n) is 10.3. The van der Waals surface area contributed by atoms with Crippen LogP contribution in [0.2, 0.25) is 0 Å². The van der Waals surface area contributed by atoms with E-state index in [1.165, 1.54) is 54.0 Å². The van der Waals surface area contributed by atoms with Crippen molar-refractivity contribution in [2.75, 3.05) is 0 Å². The van der Waals surface area contributed by atoms with Crippen LogP contribution in [0, 0.1) is 5.92 Å². The van der Waals surface area contributed by atoms with Crippen LogP contribution in [0.1, 0.15) is 49.3 Å². The minimum atomic E-state index is -0.178. The van der Waals surface area contributed by atoms with Crippen molar-refractivity contribution in [3.63, 3.8) is 0 Å². The first kappa shape index (κ1) is 16.8. The molecule has 2 aliphatic carbocycles.